The van der Waals surface area contributed by atoms with E-state index in [9.17, 15) is 13.2 Å². The van der Waals surface area contributed by atoms with Crippen LogP contribution in [0.3, 0.4) is 0 Å². The number of nitrogens with one attached hydrogen (secondary N) is 1. The molecule has 0 saturated carbocycles. The second kappa shape index (κ2) is 5.08. The molecule has 0 unspecified atom stereocenters. The summed E-state index contributed by atoms with van der Waals surface area (Å²) < 4.78 is 30.9. The van der Waals surface area contributed by atoms with Crippen LogP contribution in [0.25, 0.3) is 0 Å². The zero-order valence-corrected chi connectivity index (χ0v) is 11.7. The summed E-state index contributed by atoms with van der Waals surface area (Å²) in [7, 11) is -3.32. The number of hydrogen-bond acceptors (Lipinski definition) is 4. The van der Waals surface area contributed by atoms with Gasteiger partial charge < -0.3 is 9.64 Å². The number of fused-ring (bicyclic) bond motifs is 1. The predicted molar refractivity (Wildman–Crippen MR) is 73.0 cm³/mol. The lowest BCUT2D eigenvalue weighted by Gasteiger charge is -2.29. The molecule has 6 nitrogen and oxygen atoms in total. The largest absolute Gasteiger partial charge is 0.489 e. The van der Waals surface area contributed by atoms with Gasteiger partial charge in [0, 0.05) is 13.0 Å². The highest BCUT2D eigenvalue weighted by molar-refractivity contribution is 7.92. The van der Waals surface area contributed by atoms with Gasteiger partial charge in [0.15, 0.2) is 0 Å². The number of hydrogen-bond donors (Lipinski definition) is 1. The van der Waals surface area contributed by atoms with Crippen LogP contribution in [-0.4, -0.2) is 33.2 Å². The van der Waals surface area contributed by atoms with Crippen molar-refractivity contribution in [3.8, 4) is 5.75 Å². The molecule has 0 aliphatic carbocycles. The topological polar surface area (TPSA) is 75.7 Å². The SMILES string of the molecule is CCS(=O)(=O)Nc1ccc2c(c1)OCCN2C(C)=O. The molecule has 7 heteroatoms. The van der Waals surface area contributed by atoms with E-state index in [0.717, 1.165) is 0 Å². The van der Waals surface area contributed by atoms with E-state index < -0.39 is 10.0 Å². The third-order valence-electron chi connectivity index (χ3n) is 2.86. The van der Waals surface area contributed by atoms with Crippen molar-refractivity contribution in [1.29, 1.82) is 0 Å². The molecule has 19 heavy (non-hydrogen) atoms. The van der Waals surface area contributed by atoms with Crippen LogP contribution in [0.2, 0.25) is 0 Å². The van der Waals surface area contributed by atoms with E-state index in [2.05, 4.69) is 4.72 Å². The van der Waals surface area contributed by atoms with Crippen LogP contribution in [-0.2, 0) is 14.8 Å². The number of ether oxygens (including phenoxy) is 1. The number of amides is 1. The van der Waals surface area contributed by atoms with Gasteiger partial charge in [0.05, 0.1) is 23.7 Å². The molecule has 1 heterocycles. The first-order valence-corrected chi connectivity index (χ1v) is 7.63. The van der Waals surface area contributed by atoms with Crippen LogP contribution in [0.15, 0.2) is 18.2 Å². The molecule has 0 spiro atoms. The van der Waals surface area contributed by atoms with Crippen molar-refractivity contribution < 1.29 is 17.9 Å². The molecule has 2 rings (SSSR count). The summed E-state index contributed by atoms with van der Waals surface area (Å²) in [6, 6.07) is 4.90. The summed E-state index contributed by atoms with van der Waals surface area (Å²) in [5.41, 5.74) is 1.10. The maximum absolute atomic E-state index is 11.5. The first-order chi connectivity index (χ1) is 8.93. The summed E-state index contributed by atoms with van der Waals surface area (Å²) in [6.07, 6.45) is 0. The van der Waals surface area contributed by atoms with Gasteiger partial charge in [-0.25, -0.2) is 8.42 Å². The average molecular weight is 284 g/mol. The minimum absolute atomic E-state index is 0.00448. The van der Waals surface area contributed by atoms with E-state index in [-0.39, 0.29) is 11.7 Å². The minimum atomic E-state index is -3.32. The van der Waals surface area contributed by atoms with Crippen molar-refractivity contribution in [1.82, 2.24) is 0 Å². The van der Waals surface area contributed by atoms with Gasteiger partial charge in [0.25, 0.3) is 0 Å². The molecule has 1 amide bonds. The summed E-state index contributed by atoms with van der Waals surface area (Å²) in [5.74, 6) is 0.453. The van der Waals surface area contributed by atoms with E-state index in [1.54, 1.807) is 30.0 Å². The fraction of sp³-hybridized carbons (Fsp3) is 0.417. The lowest BCUT2D eigenvalue weighted by atomic mass is 10.2. The van der Waals surface area contributed by atoms with Crippen LogP contribution in [0, 0.1) is 0 Å². The van der Waals surface area contributed by atoms with Gasteiger partial charge in [0.2, 0.25) is 15.9 Å². The number of nitrogens with zero attached hydrogens (tertiary/aromatic N) is 1. The van der Waals surface area contributed by atoms with Gasteiger partial charge in [-0.05, 0) is 19.1 Å². The van der Waals surface area contributed by atoms with Crippen LogP contribution >= 0.6 is 0 Å². The van der Waals surface area contributed by atoms with Gasteiger partial charge in [0.1, 0.15) is 12.4 Å². The van der Waals surface area contributed by atoms with E-state index in [1.165, 1.54) is 6.92 Å². The monoisotopic (exact) mass is 284 g/mol. The Kier molecular flexibility index (Phi) is 3.66. The van der Waals surface area contributed by atoms with Gasteiger partial charge in [-0.2, -0.15) is 0 Å². The van der Waals surface area contributed by atoms with E-state index in [4.69, 9.17) is 4.74 Å². The Morgan fingerprint density at radius 2 is 2.21 bits per heavy atom. The number of carbonyl (C=O) groups excluding carboxylic acids is 1. The highest BCUT2D eigenvalue weighted by Crippen LogP contribution is 2.34. The number of sulfonamides is 1. The quantitative estimate of drug-likeness (QED) is 0.904. The molecule has 0 atom stereocenters. The first kappa shape index (κ1) is 13.7. The Balaban J connectivity index is 2.32. The minimum Gasteiger partial charge on any atom is -0.489 e. The summed E-state index contributed by atoms with van der Waals surface area (Å²) in [4.78, 5) is 13.1. The van der Waals surface area contributed by atoms with Gasteiger partial charge >= 0.3 is 0 Å². The maximum atomic E-state index is 11.5. The molecular formula is C12H16N2O4S. The first-order valence-electron chi connectivity index (χ1n) is 5.98. The molecule has 0 saturated heterocycles. The summed E-state index contributed by atoms with van der Waals surface area (Å²) in [5, 5.41) is 0. The predicted octanol–water partition coefficient (Wildman–Crippen LogP) is 1.19. The van der Waals surface area contributed by atoms with Gasteiger partial charge in [-0.15, -0.1) is 0 Å². The van der Waals surface area contributed by atoms with Crippen molar-refractivity contribution in [2.24, 2.45) is 0 Å². The highest BCUT2D eigenvalue weighted by atomic mass is 32.2. The zero-order valence-electron chi connectivity index (χ0n) is 10.8. The lowest BCUT2D eigenvalue weighted by molar-refractivity contribution is -0.116. The van der Waals surface area contributed by atoms with E-state index in [1.807, 2.05) is 0 Å². The molecule has 0 radical (unpaired) electrons. The van der Waals surface area contributed by atoms with Gasteiger partial charge in [-0.3, -0.25) is 9.52 Å². The normalized spacial score (nSPS) is 14.5. The van der Waals surface area contributed by atoms with Crippen molar-refractivity contribution in [2.45, 2.75) is 13.8 Å². The lowest BCUT2D eigenvalue weighted by Crippen LogP contribution is -2.36. The molecule has 1 aromatic rings. The second-order valence-electron chi connectivity index (χ2n) is 4.21. The standard InChI is InChI=1S/C12H16N2O4S/c1-3-19(16,17)13-10-4-5-11-12(8-10)18-7-6-14(11)9(2)15/h4-5,8,13H,3,6-7H2,1-2H3. The fourth-order valence-corrected chi connectivity index (χ4v) is 2.49. The molecule has 1 aliphatic rings. The van der Waals surface area contributed by atoms with Gasteiger partial charge in [-0.1, -0.05) is 0 Å². The fourth-order valence-electron chi connectivity index (χ4n) is 1.86. The van der Waals surface area contributed by atoms with Crippen molar-refractivity contribution >= 4 is 27.3 Å². The number of carbonyl (C=O) groups is 1. The Morgan fingerprint density at radius 1 is 1.47 bits per heavy atom. The third-order valence-corrected chi connectivity index (χ3v) is 4.16. The van der Waals surface area contributed by atoms with E-state index in [0.29, 0.717) is 30.3 Å². The molecule has 0 fully saturated rings. The molecular weight excluding hydrogens is 268 g/mol. The Bertz CT molecular complexity index is 598. The zero-order chi connectivity index (χ0) is 14.0. The molecule has 1 aromatic carbocycles. The molecule has 104 valence electrons. The van der Waals surface area contributed by atoms with Crippen LogP contribution in [0.1, 0.15) is 13.8 Å². The third kappa shape index (κ3) is 2.98. The summed E-state index contributed by atoms with van der Waals surface area (Å²) >= 11 is 0. The Labute approximate surface area is 112 Å². The molecule has 0 bridgehead atoms. The van der Waals surface area contributed by atoms with Crippen LogP contribution in [0.5, 0.6) is 5.75 Å². The second-order valence-corrected chi connectivity index (χ2v) is 6.22. The smallest absolute Gasteiger partial charge is 0.232 e. The average Bonchev–Trinajstić information content (AvgIpc) is 2.37. The maximum Gasteiger partial charge on any atom is 0.232 e. The van der Waals surface area contributed by atoms with Crippen molar-refractivity contribution in [3.63, 3.8) is 0 Å². The molecule has 0 aromatic heterocycles. The van der Waals surface area contributed by atoms with Crippen molar-refractivity contribution in [3.05, 3.63) is 18.2 Å². The highest BCUT2D eigenvalue weighted by Gasteiger charge is 2.21. The Hall–Kier alpha value is -1.76. The van der Waals surface area contributed by atoms with Crippen LogP contribution < -0.4 is 14.4 Å². The molecule has 1 N–H and O–H groups in total. The number of rotatable bonds is 3. The Morgan fingerprint density at radius 3 is 2.84 bits per heavy atom. The van der Waals surface area contributed by atoms with E-state index >= 15 is 0 Å². The van der Waals surface area contributed by atoms with Crippen molar-refractivity contribution in [2.75, 3.05) is 28.5 Å². The molecule has 1 aliphatic heterocycles. The number of benzene rings is 1. The summed E-state index contributed by atoms with van der Waals surface area (Å²) in [6.45, 7) is 3.95. The number of anilines is 2. The van der Waals surface area contributed by atoms with Crippen LogP contribution in [0.4, 0.5) is 11.4 Å².